The van der Waals surface area contributed by atoms with Crippen molar-refractivity contribution in [2.75, 3.05) is 12.0 Å². The molecular formula is C23H21BrN2O4. The summed E-state index contributed by atoms with van der Waals surface area (Å²) in [6.07, 6.45) is 1.63. The lowest BCUT2D eigenvalue weighted by Gasteiger charge is -2.14. The molecule has 0 aliphatic carbocycles. The molecule has 0 amide bonds. The predicted octanol–water partition coefficient (Wildman–Crippen LogP) is 5.57. The van der Waals surface area contributed by atoms with E-state index in [1.165, 1.54) is 12.1 Å². The third-order valence-electron chi connectivity index (χ3n) is 4.11. The molecule has 0 bridgehead atoms. The van der Waals surface area contributed by atoms with Crippen molar-refractivity contribution in [2.45, 2.75) is 13.5 Å². The first-order chi connectivity index (χ1) is 14.6. The van der Waals surface area contributed by atoms with Crippen LogP contribution in [0.5, 0.6) is 11.5 Å². The van der Waals surface area contributed by atoms with Crippen LogP contribution in [0.4, 0.5) is 5.69 Å². The first kappa shape index (κ1) is 21.4. The van der Waals surface area contributed by atoms with Crippen molar-refractivity contribution in [3.8, 4) is 11.5 Å². The molecule has 0 aliphatic heterocycles. The first-order valence-corrected chi connectivity index (χ1v) is 10.1. The van der Waals surface area contributed by atoms with E-state index in [0.717, 1.165) is 15.6 Å². The number of rotatable bonds is 9. The Hall–Kier alpha value is -3.32. The molecule has 30 heavy (non-hydrogen) atoms. The highest BCUT2D eigenvalue weighted by Gasteiger charge is 2.10. The van der Waals surface area contributed by atoms with Crippen LogP contribution >= 0.6 is 15.9 Å². The smallest absolute Gasteiger partial charge is 0.335 e. The van der Waals surface area contributed by atoms with Gasteiger partial charge in [0.15, 0.2) is 11.5 Å². The summed E-state index contributed by atoms with van der Waals surface area (Å²) < 4.78 is 12.5. The van der Waals surface area contributed by atoms with E-state index in [9.17, 15) is 4.79 Å². The van der Waals surface area contributed by atoms with Crippen LogP contribution in [-0.2, 0) is 6.61 Å². The van der Waals surface area contributed by atoms with Crippen LogP contribution in [0.2, 0.25) is 0 Å². The highest BCUT2D eigenvalue weighted by molar-refractivity contribution is 9.10. The summed E-state index contributed by atoms with van der Waals surface area (Å²) in [4.78, 5) is 11.1. The molecule has 0 aromatic heterocycles. The van der Waals surface area contributed by atoms with Gasteiger partial charge in [0.05, 0.1) is 24.1 Å². The molecule has 2 N–H and O–H groups in total. The molecule has 0 fully saturated rings. The van der Waals surface area contributed by atoms with Gasteiger partial charge in [0, 0.05) is 10.0 Å². The second-order valence-corrected chi connectivity index (χ2v) is 7.14. The molecule has 6 nitrogen and oxygen atoms in total. The molecule has 0 unspecified atom stereocenters. The van der Waals surface area contributed by atoms with Crippen molar-refractivity contribution >= 4 is 33.8 Å². The van der Waals surface area contributed by atoms with E-state index in [-0.39, 0.29) is 5.56 Å². The average molecular weight is 469 g/mol. The number of carbonyl (C=O) groups is 1. The van der Waals surface area contributed by atoms with Gasteiger partial charge in [-0.1, -0.05) is 36.4 Å². The fourth-order valence-electron chi connectivity index (χ4n) is 2.66. The summed E-state index contributed by atoms with van der Waals surface area (Å²) in [6.45, 7) is 2.84. The summed E-state index contributed by atoms with van der Waals surface area (Å²) in [5, 5.41) is 13.3. The Morgan fingerprint density at radius 2 is 1.83 bits per heavy atom. The van der Waals surface area contributed by atoms with Crippen LogP contribution in [0.25, 0.3) is 0 Å². The minimum absolute atomic E-state index is 0.190. The van der Waals surface area contributed by atoms with E-state index in [1.807, 2.05) is 49.4 Å². The van der Waals surface area contributed by atoms with Gasteiger partial charge in [0.25, 0.3) is 0 Å². The normalized spacial score (nSPS) is 10.7. The Bertz CT molecular complexity index is 1040. The summed E-state index contributed by atoms with van der Waals surface area (Å²) in [6, 6.07) is 20.0. The monoisotopic (exact) mass is 468 g/mol. The third kappa shape index (κ3) is 5.84. The Kier molecular flexibility index (Phi) is 7.45. The van der Waals surface area contributed by atoms with Gasteiger partial charge < -0.3 is 14.6 Å². The molecule has 0 spiro atoms. The van der Waals surface area contributed by atoms with Gasteiger partial charge >= 0.3 is 5.97 Å². The number of hydrogen-bond acceptors (Lipinski definition) is 5. The average Bonchev–Trinajstić information content (AvgIpc) is 2.75. The molecule has 0 atom stereocenters. The number of ether oxygens (including phenoxy) is 2. The number of anilines is 1. The van der Waals surface area contributed by atoms with Crippen molar-refractivity contribution in [3.05, 3.63) is 87.9 Å². The molecule has 154 valence electrons. The highest BCUT2D eigenvalue weighted by atomic mass is 79.9. The summed E-state index contributed by atoms with van der Waals surface area (Å²) in [5.41, 5.74) is 5.46. The molecule has 0 aliphatic rings. The number of aromatic carboxylic acids is 1. The Balaban J connectivity index is 1.74. The minimum Gasteiger partial charge on any atom is -0.490 e. The summed E-state index contributed by atoms with van der Waals surface area (Å²) >= 11 is 3.54. The van der Waals surface area contributed by atoms with Crippen molar-refractivity contribution in [3.63, 3.8) is 0 Å². The van der Waals surface area contributed by atoms with Crippen molar-refractivity contribution in [2.24, 2.45) is 5.10 Å². The molecule has 0 radical (unpaired) electrons. The lowest BCUT2D eigenvalue weighted by molar-refractivity contribution is 0.0697. The minimum atomic E-state index is -0.988. The van der Waals surface area contributed by atoms with Crippen molar-refractivity contribution in [1.82, 2.24) is 0 Å². The number of nitrogens with zero attached hydrogens (tertiary/aromatic N) is 1. The van der Waals surface area contributed by atoms with Gasteiger partial charge in [-0.2, -0.15) is 5.10 Å². The van der Waals surface area contributed by atoms with E-state index in [4.69, 9.17) is 14.6 Å². The SMILES string of the molecule is CCOc1cc(/C=N\Nc2cccc(C(=O)O)c2)c(Br)cc1OCc1ccccc1. The quantitative estimate of drug-likeness (QED) is 0.316. The standard InChI is InChI=1S/C23H21BrN2O4/c1-2-29-21-12-18(14-25-26-19-10-6-9-17(11-19)23(27)28)20(24)13-22(21)30-15-16-7-4-3-5-8-16/h3-14,26H,2,15H2,1H3,(H,27,28)/b25-14-. The zero-order valence-electron chi connectivity index (χ0n) is 16.3. The number of benzene rings is 3. The zero-order valence-corrected chi connectivity index (χ0v) is 17.9. The van der Waals surface area contributed by atoms with Gasteiger partial charge in [-0.25, -0.2) is 4.79 Å². The van der Waals surface area contributed by atoms with Gasteiger partial charge in [0.2, 0.25) is 0 Å². The van der Waals surface area contributed by atoms with E-state index >= 15 is 0 Å². The van der Waals surface area contributed by atoms with E-state index in [2.05, 4.69) is 26.5 Å². The number of halogens is 1. The topological polar surface area (TPSA) is 80.2 Å². The third-order valence-corrected chi connectivity index (χ3v) is 4.79. The van der Waals surface area contributed by atoms with E-state index in [1.54, 1.807) is 18.3 Å². The molecular weight excluding hydrogens is 448 g/mol. The first-order valence-electron chi connectivity index (χ1n) is 9.32. The second-order valence-electron chi connectivity index (χ2n) is 6.28. The highest BCUT2D eigenvalue weighted by Crippen LogP contribution is 2.34. The molecule has 3 aromatic rings. The van der Waals surface area contributed by atoms with Crippen molar-refractivity contribution in [1.29, 1.82) is 0 Å². The number of nitrogens with one attached hydrogen (secondary N) is 1. The molecule has 7 heteroatoms. The summed E-state index contributed by atoms with van der Waals surface area (Å²) in [5.74, 6) is 0.260. The maximum Gasteiger partial charge on any atom is 0.335 e. The maximum atomic E-state index is 11.1. The predicted molar refractivity (Wildman–Crippen MR) is 121 cm³/mol. The number of hydrogen-bond donors (Lipinski definition) is 2. The van der Waals surface area contributed by atoms with Gasteiger partial charge in [-0.05, 0) is 58.7 Å². The number of carboxylic acids is 1. The van der Waals surface area contributed by atoms with Crippen LogP contribution in [-0.4, -0.2) is 23.9 Å². The summed E-state index contributed by atoms with van der Waals surface area (Å²) in [7, 11) is 0. The Morgan fingerprint density at radius 1 is 1.07 bits per heavy atom. The van der Waals surface area contributed by atoms with Crippen LogP contribution in [0.1, 0.15) is 28.4 Å². The van der Waals surface area contributed by atoms with Gasteiger partial charge in [-0.3, -0.25) is 5.43 Å². The maximum absolute atomic E-state index is 11.1. The fourth-order valence-corrected chi connectivity index (χ4v) is 3.09. The van der Waals surface area contributed by atoms with Gasteiger partial charge in [-0.15, -0.1) is 0 Å². The largest absolute Gasteiger partial charge is 0.490 e. The number of carboxylic acid groups (broad SMARTS) is 1. The molecule has 0 heterocycles. The number of hydrazone groups is 1. The second kappa shape index (κ2) is 10.5. The molecule has 0 saturated carbocycles. The Labute approximate surface area is 183 Å². The zero-order chi connectivity index (χ0) is 21.3. The lowest BCUT2D eigenvalue weighted by Crippen LogP contribution is -2.01. The Morgan fingerprint density at radius 3 is 2.57 bits per heavy atom. The van der Waals surface area contributed by atoms with Crippen LogP contribution < -0.4 is 14.9 Å². The van der Waals surface area contributed by atoms with Crippen molar-refractivity contribution < 1.29 is 19.4 Å². The van der Waals surface area contributed by atoms with Gasteiger partial charge in [0.1, 0.15) is 6.61 Å². The molecule has 3 aromatic carbocycles. The van der Waals surface area contributed by atoms with Crippen LogP contribution in [0.3, 0.4) is 0 Å². The fraction of sp³-hybridized carbons (Fsp3) is 0.130. The van der Waals surface area contributed by atoms with E-state index in [0.29, 0.717) is 30.4 Å². The van der Waals surface area contributed by atoms with Crippen LogP contribution in [0, 0.1) is 0 Å². The lowest BCUT2D eigenvalue weighted by atomic mass is 10.2. The van der Waals surface area contributed by atoms with Crippen LogP contribution in [0.15, 0.2) is 76.3 Å². The van der Waals surface area contributed by atoms with E-state index < -0.39 is 5.97 Å². The molecule has 3 rings (SSSR count). The molecule has 0 saturated heterocycles.